The summed E-state index contributed by atoms with van der Waals surface area (Å²) in [5.74, 6) is 1.46. The molecule has 0 atom stereocenters. The van der Waals surface area contributed by atoms with Gasteiger partial charge < -0.3 is 10.6 Å². The quantitative estimate of drug-likeness (QED) is 0.344. The summed E-state index contributed by atoms with van der Waals surface area (Å²) in [6.45, 7) is 6.41. The van der Waals surface area contributed by atoms with E-state index < -0.39 is 0 Å². The SMILES string of the molecule is Cc1ccc(NC(=O)NCc2nnc(SCc3cccc(C)c3)n2-c2ccc(C)cc2)cc1. The lowest BCUT2D eigenvalue weighted by Crippen LogP contribution is -2.29. The minimum absolute atomic E-state index is 0.254. The Hall–Kier alpha value is -3.58. The second kappa shape index (κ2) is 10.4. The molecular formula is C26H27N5OS. The van der Waals surface area contributed by atoms with Crippen molar-refractivity contribution in [3.05, 3.63) is 101 Å². The van der Waals surface area contributed by atoms with Crippen molar-refractivity contribution in [3.63, 3.8) is 0 Å². The number of benzene rings is 3. The molecular weight excluding hydrogens is 430 g/mol. The average Bonchev–Trinajstić information content (AvgIpc) is 3.21. The van der Waals surface area contributed by atoms with Crippen LogP contribution in [0.5, 0.6) is 0 Å². The maximum Gasteiger partial charge on any atom is 0.319 e. The van der Waals surface area contributed by atoms with Crippen molar-refractivity contribution in [3.8, 4) is 5.69 Å². The number of carbonyl (C=O) groups is 1. The Morgan fingerprint density at radius 1 is 0.879 bits per heavy atom. The van der Waals surface area contributed by atoms with Gasteiger partial charge in [0.2, 0.25) is 0 Å². The van der Waals surface area contributed by atoms with Gasteiger partial charge in [-0.3, -0.25) is 4.57 Å². The highest BCUT2D eigenvalue weighted by molar-refractivity contribution is 7.98. The van der Waals surface area contributed by atoms with Crippen molar-refractivity contribution in [1.82, 2.24) is 20.1 Å². The first-order valence-electron chi connectivity index (χ1n) is 10.8. The van der Waals surface area contributed by atoms with Crippen LogP contribution in [-0.2, 0) is 12.3 Å². The van der Waals surface area contributed by atoms with Gasteiger partial charge in [-0.05, 0) is 50.6 Å². The maximum absolute atomic E-state index is 12.4. The van der Waals surface area contributed by atoms with Crippen LogP contribution in [0.25, 0.3) is 5.69 Å². The number of thioether (sulfide) groups is 1. The van der Waals surface area contributed by atoms with Crippen LogP contribution in [0.3, 0.4) is 0 Å². The molecule has 0 saturated carbocycles. The van der Waals surface area contributed by atoms with E-state index in [1.807, 2.05) is 47.9 Å². The van der Waals surface area contributed by atoms with Crippen molar-refractivity contribution < 1.29 is 4.79 Å². The summed E-state index contributed by atoms with van der Waals surface area (Å²) in [7, 11) is 0. The summed E-state index contributed by atoms with van der Waals surface area (Å²) >= 11 is 1.63. The molecule has 1 aromatic heterocycles. The van der Waals surface area contributed by atoms with Crippen molar-refractivity contribution >= 4 is 23.5 Å². The lowest BCUT2D eigenvalue weighted by molar-refractivity contribution is 0.251. The molecule has 0 spiro atoms. The smallest absolute Gasteiger partial charge is 0.319 e. The number of hydrogen-bond acceptors (Lipinski definition) is 4. The van der Waals surface area contributed by atoms with E-state index in [0.29, 0.717) is 5.82 Å². The predicted molar refractivity (Wildman–Crippen MR) is 134 cm³/mol. The minimum Gasteiger partial charge on any atom is -0.331 e. The third-order valence-corrected chi connectivity index (χ3v) is 6.16. The van der Waals surface area contributed by atoms with Crippen LogP contribution < -0.4 is 10.6 Å². The van der Waals surface area contributed by atoms with Gasteiger partial charge in [0, 0.05) is 17.1 Å². The Labute approximate surface area is 198 Å². The molecule has 0 bridgehead atoms. The van der Waals surface area contributed by atoms with Gasteiger partial charge >= 0.3 is 6.03 Å². The molecule has 4 aromatic rings. The van der Waals surface area contributed by atoms with Crippen molar-refractivity contribution in [2.45, 2.75) is 38.2 Å². The normalized spacial score (nSPS) is 10.8. The molecule has 2 N–H and O–H groups in total. The Morgan fingerprint density at radius 3 is 2.27 bits per heavy atom. The summed E-state index contributed by atoms with van der Waals surface area (Å²) in [5.41, 5.74) is 6.49. The van der Waals surface area contributed by atoms with Gasteiger partial charge in [0.05, 0.1) is 6.54 Å². The number of urea groups is 1. The van der Waals surface area contributed by atoms with Crippen LogP contribution >= 0.6 is 11.8 Å². The van der Waals surface area contributed by atoms with E-state index in [1.165, 1.54) is 16.7 Å². The van der Waals surface area contributed by atoms with E-state index in [-0.39, 0.29) is 12.6 Å². The van der Waals surface area contributed by atoms with Gasteiger partial charge in [0.25, 0.3) is 0 Å². The third kappa shape index (κ3) is 6.02. The summed E-state index contributed by atoms with van der Waals surface area (Å²) in [6.07, 6.45) is 0. The molecule has 0 aliphatic rings. The molecule has 0 fully saturated rings. The van der Waals surface area contributed by atoms with Gasteiger partial charge in [-0.15, -0.1) is 10.2 Å². The number of nitrogens with one attached hydrogen (secondary N) is 2. The summed E-state index contributed by atoms with van der Waals surface area (Å²) < 4.78 is 2.01. The summed E-state index contributed by atoms with van der Waals surface area (Å²) in [4.78, 5) is 12.4. The molecule has 0 radical (unpaired) electrons. The number of nitrogens with zero attached hydrogens (tertiary/aromatic N) is 3. The molecule has 0 saturated heterocycles. The lowest BCUT2D eigenvalue weighted by atomic mass is 10.2. The van der Waals surface area contributed by atoms with Gasteiger partial charge in [0.15, 0.2) is 11.0 Å². The topological polar surface area (TPSA) is 71.8 Å². The fourth-order valence-corrected chi connectivity index (χ4v) is 4.30. The molecule has 0 unspecified atom stereocenters. The Bertz CT molecular complexity index is 1230. The molecule has 0 aliphatic heterocycles. The Morgan fingerprint density at radius 2 is 1.58 bits per heavy atom. The average molecular weight is 458 g/mol. The second-order valence-corrected chi connectivity index (χ2v) is 8.96. The molecule has 3 aromatic carbocycles. The summed E-state index contributed by atoms with van der Waals surface area (Å²) in [6, 6.07) is 24.1. The second-order valence-electron chi connectivity index (χ2n) is 8.02. The van der Waals surface area contributed by atoms with E-state index in [0.717, 1.165) is 27.8 Å². The molecule has 168 valence electrons. The molecule has 7 heteroatoms. The van der Waals surface area contributed by atoms with Gasteiger partial charge in [-0.2, -0.15) is 0 Å². The molecule has 33 heavy (non-hydrogen) atoms. The van der Waals surface area contributed by atoms with Gasteiger partial charge in [0.1, 0.15) is 0 Å². The largest absolute Gasteiger partial charge is 0.331 e. The van der Waals surface area contributed by atoms with Crippen molar-refractivity contribution in [1.29, 1.82) is 0 Å². The lowest BCUT2D eigenvalue weighted by Gasteiger charge is -2.12. The molecule has 1 heterocycles. The predicted octanol–water partition coefficient (Wildman–Crippen LogP) is 5.81. The van der Waals surface area contributed by atoms with Crippen LogP contribution in [0.4, 0.5) is 10.5 Å². The van der Waals surface area contributed by atoms with Crippen molar-refractivity contribution in [2.24, 2.45) is 0 Å². The minimum atomic E-state index is -0.286. The van der Waals surface area contributed by atoms with Gasteiger partial charge in [-0.1, -0.05) is 77.0 Å². The number of aryl methyl sites for hydroxylation is 3. The van der Waals surface area contributed by atoms with Crippen LogP contribution in [0, 0.1) is 20.8 Å². The zero-order valence-electron chi connectivity index (χ0n) is 19.0. The first-order valence-corrected chi connectivity index (χ1v) is 11.8. The molecule has 0 aliphatic carbocycles. The van der Waals surface area contributed by atoms with E-state index >= 15 is 0 Å². The number of aromatic nitrogens is 3. The Kier molecular flexibility index (Phi) is 7.10. The van der Waals surface area contributed by atoms with E-state index in [4.69, 9.17) is 0 Å². The van der Waals surface area contributed by atoms with E-state index in [1.54, 1.807) is 11.8 Å². The highest BCUT2D eigenvalue weighted by Crippen LogP contribution is 2.26. The van der Waals surface area contributed by atoms with Crippen LogP contribution in [-0.4, -0.2) is 20.8 Å². The summed E-state index contributed by atoms with van der Waals surface area (Å²) in [5, 5.41) is 15.3. The zero-order valence-corrected chi connectivity index (χ0v) is 19.8. The number of carbonyl (C=O) groups excluding carboxylic acids is 1. The van der Waals surface area contributed by atoms with E-state index in [9.17, 15) is 4.79 Å². The third-order valence-electron chi connectivity index (χ3n) is 5.16. The van der Waals surface area contributed by atoms with Crippen LogP contribution in [0.2, 0.25) is 0 Å². The standard InChI is InChI=1S/C26H27N5OS/c1-18-7-11-22(12-8-18)28-25(32)27-16-24-29-30-26(31(24)23-13-9-19(2)10-14-23)33-17-21-6-4-5-20(3)15-21/h4-15H,16-17H2,1-3H3,(H2,27,28,32). The first kappa shape index (κ1) is 22.6. The number of amides is 2. The number of rotatable bonds is 7. The maximum atomic E-state index is 12.4. The highest BCUT2D eigenvalue weighted by atomic mass is 32.2. The van der Waals surface area contributed by atoms with E-state index in [2.05, 4.69) is 71.1 Å². The Balaban J connectivity index is 1.51. The fourth-order valence-electron chi connectivity index (χ4n) is 3.38. The number of hydrogen-bond donors (Lipinski definition) is 2. The molecule has 6 nitrogen and oxygen atoms in total. The van der Waals surface area contributed by atoms with Gasteiger partial charge in [-0.25, -0.2) is 4.79 Å². The fraction of sp³-hybridized carbons (Fsp3) is 0.192. The highest BCUT2D eigenvalue weighted by Gasteiger charge is 2.16. The first-order chi connectivity index (χ1) is 16.0. The molecule has 4 rings (SSSR count). The molecule has 2 amide bonds. The van der Waals surface area contributed by atoms with Crippen LogP contribution in [0.1, 0.15) is 28.1 Å². The zero-order chi connectivity index (χ0) is 23.2. The monoisotopic (exact) mass is 457 g/mol. The number of anilines is 1. The van der Waals surface area contributed by atoms with Crippen molar-refractivity contribution in [2.75, 3.05) is 5.32 Å². The van der Waals surface area contributed by atoms with Crippen LogP contribution in [0.15, 0.2) is 78.0 Å².